The quantitative estimate of drug-likeness (QED) is 0.567. The summed E-state index contributed by atoms with van der Waals surface area (Å²) in [6.07, 6.45) is 2.87. The number of nitrogens with two attached hydrogens (primary N) is 1. The highest BCUT2D eigenvalue weighted by molar-refractivity contribution is 7.89. The van der Waals surface area contributed by atoms with Gasteiger partial charge in [-0.15, -0.1) is 10.2 Å². The second-order valence-corrected chi connectivity index (χ2v) is 10.6. The van der Waals surface area contributed by atoms with Crippen LogP contribution < -0.4 is 15.8 Å². The van der Waals surface area contributed by atoms with Crippen molar-refractivity contribution in [2.75, 3.05) is 11.9 Å². The van der Waals surface area contributed by atoms with Crippen LogP contribution in [0.25, 0.3) is 10.6 Å². The normalized spacial score (nSPS) is 19.4. The Balaban J connectivity index is 1.93. The first kappa shape index (κ1) is 23.6. The van der Waals surface area contributed by atoms with Gasteiger partial charge >= 0.3 is 6.09 Å². The second-order valence-electron chi connectivity index (χ2n) is 7.85. The van der Waals surface area contributed by atoms with Crippen molar-refractivity contribution in [3.63, 3.8) is 0 Å². The van der Waals surface area contributed by atoms with Gasteiger partial charge in [0.25, 0.3) is 0 Å². The Hall–Kier alpha value is -2.08. The van der Waals surface area contributed by atoms with E-state index in [0.29, 0.717) is 22.2 Å². The third-order valence-electron chi connectivity index (χ3n) is 4.99. The Kier molecular flexibility index (Phi) is 7.63. The lowest BCUT2D eigenvalue weighted by molar-refractivity contribution is 0.130. The Morgan fingerprint density at radius 2 is 1.97 bits per heavy atom. The number of sulfonamides is 1. The molecule has 1 saturated carbocycles. The summed E-state index contributed by atoms with van der Waals surface area (Å²) in [5.74, 6) is 0.298. The average Bonchev–Trinajstić information content (AvgIpc) is 3.18. The number of amides is 1. The van der Waals surface area contributed by atoms with E-state index in [1.54, 1.807) is 32.9 Å². The fraction of sp³-hybridized carbons (Fsp3) is 0.550. The van der Waals surface area contributed by atoms with E-state index in [2.05, 4.69) is 20.2 Å². The number of anilines is 1. The van der Waals surface area contributed by atoms with E-state index in [0.717, 1.165) is 30.7 Å². The number of hydrogen-bond donors (Lipinski definition) is 3. The van der Waals surface area contributed by atoms with Gasteiger partial charge in [0.05, 0.1) is 11.0 Å². The van der Waals surface area contributed by atoms with Crippen LogP contribution in [0.1, 0.15) is 57.4 Å². The van der Waals surface area contributed by atoms with Gasteiger partial charge in [-0.3, -0.25) is 5.32 Å². The fourth-order valence-corrected chi connectivity index (χ4v) is 5.89. The molecule has 2 aromatic rings. The van der Waals surface area contributed by atoms with Crippen molar-refractivity contribution >= 4 is 33.1 Å². The molecular weight excluding hydrogens is 438 g/mol. The SMILES string of the molecule is CCNS(=O)(=O)c1cc(NC(=O)OC(C)C)ccc1-c1nnc(C2CCC(N)CC2)s1. The van der Waals surface area contributed by atoms with Gasteiger partial charge in [0, 0.05) is 29.8 Å². The van der Waals surface area contributed by atoms with Crippen LogP contribution in [0.2, 0.25) is 0 Å². The van der Waals surface area contributed by atoms with Gasteiger partial charge in [0.15, 0.2) is 0 Å². The smallest absolute Gasteiger partial charge is 0.411 e. The lowest BCUT2D eigenvalue weighted by Crippen LogP contribution is -2.25. The van der Waals surface area contributed by atoms with Gasteiger partial charge in [0.1, 0.15) is 10.0 Å². The maximum atomic E-state index is 12.9. The van der Waals surface area contributed by atoms with Crippen LogP contribution in [0.4, 0.5) is 10.5 Å². The molecule has 1 heterocycles. The minimum Gasteiger partial charge on any atom is -0.447 e. The van der Waals surface area contributed by atoms with Crippen LogP contribution in [0.3, 0.4) is 0 Å². The van der Waals surface area contributed by atoms with Gasteiger partial charge in [-0.25, -0.2) is 17.9 Å². The van der Waals surface area contributed by atoms with Gasteiger partial charge in [-0.1, -0.05) is 18.3 Å². The fourth-order valence-electron chi connectivity index (χ4n) is 3.50. The maximum Gasteiger partial charge on any atom is 0.411 e. The predicted molar refractivity (Wildman–Crippen MR) is 121 cm³/mol. The molecule has 0 unspecified atom stereocenters. The highest BCUT2D eigenvalue weighted by Crippen LogP contribution is 2.38. The first-order valence-electron chi connectivity index (χ1n) is 10.4. The number of nitrogens with zero attached hydrogens (tertiary/aromatic N) is 2. The Morgan fingerprint density at radius 3 is 2.61 bits per heavy atom. The molecule has 0 spiro atoms. The second kappa shape index (κ2) is 10.0. The highest BCUT2D eigenvalue weighted by Gasteiger charge is 2.26. The molecule has 1 aromatic heterocycles. The van der Waals surface area contributed by atoms with Crippen molar-refractivity contribution in [3.8, 4) is 10.6 Å². The van der Waals surface area contributed by atoms with E-state index in [1.807, 2.05) is 0 Å². The van der Waals surface area contributed by atoms with Crippen molar-refractivity contribution in [1.82, 2.24) is 14.9 Å². The highest BCUT2D eigenvalue weighted by atomic mass is 32.2. The molecule has 0 saturated heterocycles. The Morgan fingerprint density at radius 1 is 1.26 bits per heavy atom. The standard InChI is InChI=1S/C20H29N5O4S2/c1-4-22-31(27,28)17-11-15(23-20(26)29-12(2)3)9-10-16(17)19-25-24-18(30-19)13-5-7-14(21)8-6-13/h9-14,22H,4-8,21H2,1-3H3,(H,23,26). The van der Waals surface area contributed by atoms with Crippen LogP contribution in [0, 0.1) is 0 Å². The lowest BCUT2D eigenvalue weighted by atomic mass is 9.87. The summed E-state index contributed by atoms with van der Waals surface area (Å²) in [4.78, 5) is 12.0. The van der Waals surface area contributed by atoms with Crippen LogP contribution in [0.5, 0.6) is 0 Å². The van der Waals surface area contributed by atoms with Crippen molar-refractivity contribution in [2.24, 2.45) is 5.73 Å². The van der Waals surface area contributed by atoms with Crippen molar-refractivity contribution in [1.29, 1.82) is 0 Å². The van der Waals surface area contributed by atoms with Crippen molar-refractivity contribution in [3.05, 3.63) is 23.2 Å². The third kappa shape index (κ3) is 6.00. The molecule has 11 heteroatoms. The number of benzene rings is 1. The Labute approximate surface area is 186 Å². The predicted octanol–water partition coefficient (Wildman–Crippen LogP) is 3.45. The zero-order valence-electron chi connectivity index (χ0n) is 17.9. The maximum absolute atomic E-state index is 12.9. The van der Waals surface area contributed by atoms with Gasteiger partial charge in [-0.2, -0.15) is 0 Å². The summed E-state index contributed by atoms with van der Waals surface area (Å²) < 4.78 is 33.3. The first-order chi connectivity index (χ1) is 14.7. The zero-order valence-corrected chi connectivity index (χ0v) is 19.6. The topological polar surface area (TPSA) is 136 Å². The Bertz CT molecular complexity index is 1010. The summed E-state index contributed by atoms with van der Waals surface area (Å²) in [5, 5.41) is 12.6. The summed E-state index contributed by atoms with van der Waals surface area (Å²) >= 11 is 1.40. The molecule has 0 aliphatic heterocycles. The largest absolute Gasteiger partial charge is 0.447 e. The van der Waals surface area contributed by atoms with E-state index >= 15 is 0 Å². The minimum absolute atomic E-state index is 0.0325. The minimum atomic E-state index is -3.81. The molecule has 170 valence electrons. The molecule has 1 aliphatic carbocycles. The third-order valence-corrected chi connectivity index (χ3v) is 7.69. The zero-order chi connectivity index (χ0) is 22.6. The molecule has 1 fully saturated rings. The van der Waals surface area contributed by atoms with E-state index in [9.17, 15) is 13.2 Å². The van der Waals surface area contributed by atoms with Crippen LogP contribution in [-0.2, 0) is 14.8 Å². The summed E-state index contributed by atoms with van der Waals surface area (Å²) in [7, 11) is -3.81. The number of ether oxygens (including phenoxy) is 1. The molecule has 0 bridgehead atoms. The summed E-state index contributed by atoms with van der Waals surface area (Å²) in [6.45, 7) is 5.40. The molecular formula is C20H29N5O4S2. The van der Waals surface area contributed by atoms with Crippen LogP contribution in [0.15, 0.2) is 23.1 Å². The molecule has 0 atom stereocenters. The number of nitrogens with one attached hydrogen (secondary N) is 2. The number of aromatic nitrogens is 2. The number of carbonyl (C=O) groups excluding carboxylic acids is 1. The van der Waals surface area contributed by atoms with Gasteiger partial charge < -0.3 is 10.5 Å². The average molecular weight is 468 g/mol. The van der Waals surface area contributed by atoms with Crippen LogP contribution >= 0.6 is 11.3 Å². The number of carbonyl (C=O) groups is 1. The molecule has 1 aliphatic rings. The first-order valence-corrected chi connectivity index (χ1v) is 12.7. The molecule has 4 N–H and O–H groups in total. The van der Waals surface area contributed by atoms with E-state index < -0.39 is 16.1 Å². The van der Waals surface area contributed by atoms with Gasteiger partial charge in [-0.05, 0) is 57.7 Å². The number of hydrogen-bond acceptors (Lipinski definition) is 8. The van der Waals surface area contributed by atoms with Crippen LogP contribution in [-0.4, -0.2) is 43.4 Å². The monoisotopic (exact) mass is 467 g/mol. The molecule has 3 rings (SSSR count). The number of rotatable bonds is 7. The lowest BCUT2D eigenvalue weighted by Gasteiger charge is -2.23. The van der Waals surface area contributed by atoms with Crippen molar-refractivity contribution < 1.29 is 17.9 Å². The summed E-state index contributed by atoms with van der Waals surface area (Å²) in [6, 6.07) is 4.91. The van der Waals surface area contributed by atoms with Gasteiger partial charge in [0.2, 0.25) is 10.0 Å². The summed E-state index contributed by atoms with van der Waals surface area (Å²) in [5.41, 5.74) is 6.76. The van der Waals surface area contributed by atoms with E-state index in [-0.39, 0.29) is 23.6 Å². The molecule has 31 heavy (non-hydrogen) atoms. The molecule has 9 nitrogen and oxygen atoms in total. The van der Waals surface area contributed by atoms with E-state index in [4.69, 9.17) is 10.5 Å². The van der Waals surface area contributed by atoms with E-state index in [1.165, 1.54) is 17.4 Å². The molecule has 0 radical (unpaired) electrons. The molecule has 1 amide bonds. The molecule has 1 aromatic carbocycles. The van der Waals surface area contributed by atoms with Crippen molar-refractivity contribution in [2.45, 2.75) is 69.4 Å².